The molecule has 0 rings (SSSR count). The van der Waals surface area contributed by atoms with Gasteiger partial charge >= 0.3 is 5.97 Å². The molecule has 0 saturated heterocycles. The molecule has 27 heavy (non-hydrogen) atoms. The van der Waals surface area contributed by atoms with Crippen LogP contribution in [-0.4, -0.2) is 29.6 Å². The van der Waals surface area contributed by atoms with Crippen molar-refractivity contribution in [3.05, 3.63) is 12.2 Å². The molecule has 0 aromatic rings. The molecule has 5 nitrogen and oxygen atoms in total. The van der Waals surface area contributed by atoms with Gasteiger partial charge in [-0.05, 0) is 51.4 Å². The summed E-state index contributed by atoms with van der Waals surface area (Å²) in [5.41, 5.74) is 5.43. The zero-order valence-electron chi connectivity index (χ0n) is 17.4. The van der Waals surface area contributed by atoms with Crippen LogP contribution in [0.2, 0.25) is 0 Å². The zero-order chi connectivity index (χ0) is 20.2. The van der Waals surface area contributed by atoms with Gasteiger partial charge in [0.2, 0.25) is 5.91 Å². The summed E-state index contributed by atoms with van der Waals surface area (Å²) in [6, 6.07) is -0.790. The van der Waals surface area contributed by atoms with Crippen LogP contribution in [0.5, 0.6) is 0 Å². The third-order valence-corrected chi connectivity index (χ3v) is 4.75. The Hall–Kier alpha value is -1.36. The van der Waals surface area contributed by atoms with E-state index in [-0.39, 0.29) is 5.91 Å². The normalized spacial score (nSPS) is 12.4. The van der Waals surface area contributed by atoms with Crippen molar-refractivity contribution in [3.8, 4) is 0 Å². The monoisotopic (exact) mass is 382 g/mol. The summed E-state index contributed by atoms with van der Waals surface area (Å²) in [5, 5.41) is 11.6. The molecular formula is C22H42N2O3. The number of unbranched alkanes of at least 4 members (excludes halogenated alkanes) is 10. The van der Waals surface area contributed by atoms with Crippen molar-refractivity contribution in [1.29, 1.82) is 0 Å². The molecule has 0 unspecified atom stereocenters. The van der Waals surface area contributed by atoms with Gasteiger partial charge in [0.1, 0.15) is 6.04 Å². The minimum Gasteiger partial charge on any atom is -0.480 e. The van der Waals surface area contributed by atoms with Crippen molar-refractivity contribution in [2.45, 2.75) is 109 Å². The Morgan fingerprint density at radius 2 is 1.48 bits per heavy atom. The number of hydrogen-bond acceptors (Lipinski definition) is 3. The molecule has 1 amide bonds. The number of allylic oxidation sites excluding steroid dienone is 2. The van der Waals surface area contributed by atoms with Crippen LogP contribution in [0.4, 0.5) is 0 Å². The highest BCUT2D eigenvalue weighted by Crippen LogP contribution is 2.08. The largest absolute Gasteiger partial charge is 0.480 e. The smallest absolute Gasteiger partial charge is 0.320 e. The van der Waals surface area contributed by atoms with Crippen molar-refractivity contribution in [1.82, 2.24) is 5.32 Å². The Kier molecular flexibility index (Phi) is 18.4. The molecule has 0 spiro atoms. The summed E-state index contributed by atoms with van der Waals surface area (Å²) >= 11 is 0. The SMILES string of the molecule is CCCCCCC/C=C/CCCCCCC(=O)NCCCC[C@H](N)C(=O)O. The molecule has 0 aliphatic heterocycles. The molecule has 1 atom stereocenters. The summed E-state index contributed by atoms with van der Waals surface area (Å²) in [7, 11) is 0. The second-order valence-corrected chi connectivity index (χ2v) is 7.42. The van der Waals surface area contributed by atoms with Crippen LogP contribution >= 0.6 is 0 Å². The van der Waals surface area contributed by atoms with Crippen molar-refractivity contribution < 1.29 is 14.7 Å². The van der Waals surface area contributed by atoms with E-state index in [1.165, 1.54) is 51.4 Å². The van der Waals surface area contributed by atoms with Gasteiger partial charge < -0.3 is 16.2 Å². The fourth-order valence-electron chi connectivity index (χ4n) is 2.93. The van der Waals surface area contributed by atoms with Gasteiger partial charge in [0.15, 0.2) is 0 Å². The predicted molar refractivity (Wildman–Crippen MR) is 113 cm³/mol. The van der Waals surface area contributed by atoms with E-state index in [0.29, 0.717) is 19.4 Å². The van der Waals surface area contributed by atoms with Gasteiger partial charge in [-0.3, -0.25) is 9.59 Å². The molecular weight excluding hydrogens is 340 g/mol. The number of carbonyl (C=O) groups is 2. The maximum Gasteiger partial charge on any atom is 0.320 e. The summed E-state index contributed by atoms with van der Waals surface area (Å²) in [6.07, 6.45) is 20.7. The Labute approximate surface area is 166 Å². The minimum atomic E-state index is -0.961. The highest BCUT2D eigenvalue weighted by molar-refractivity contribution is 5.75. The van der Waals surface area contributed by atoms with Crippen LogP contribution in [0.1, 0.15) is 103 Å². The Balaban J connectivity index is 3.30. The van der Waals surface area contributed by atoms with Crippen LogP contribution in [0.15, 0.2) is 12.2 Å². The molecule has 5 heteroatoms. The van der Waals surface area contributed by atoms with E-state index in [4.69, 9.17) is 10.8 Å². The van der Waals surface area contributed by atoms with Gasteiger partial charge in [0.25, 0.3) is 0 Å². The summed E-state index contributed by atoms with van der Waals surface area (Å²) in [6.45, 7) is 2.85. The lowest BCUT2D eigenvalue weighted by Gasteiger charge is -2.07. The lowest BCUT2D eigenvalue weighted by Crippen LogP contribution is -2.30. The van der Waals surface area contributed by atoms with Gasteiger partial charge in [-0.25, -0.2) is 0 Å². The molecule has 0 aliphatic rings. The van der Waals surface area contributed by atoms with Gasteiger partial charge in [-0.15, -0.1) is 0 Å². The van der Waals surface area contributed by atoms with Crippen LogP contribution in [0.3, 0.4) is 0 Å². The fourth-order valence-corrected chi connectivity index (χ4v) is 2.93. The molecule has 0 aliphatic carbocycles. The van der Waals surface area contributed by atoms with Crippen molar-refractivity contribution in [3.63, 3.8) is 0 Å². The minimum absolute atomic E-state index is 0.0977. The highest BCUT2D eigenvalue weighted by atomic mass is 16.4. The van der Waals surface area contributed by atoms with Gasteiger partial charge in [0, 0.05) is 13.0 Å². The van der Waals surface area contributed by atoms with E-state index < -0.39 is 12.0 Å². The zero-order valence-corrected chi connectivity index (χ0v) is 17.4. The van der Waals surface area contributed by atoms with Crippen LogP contribution in [-0.2, 0) is 9.59 Å². The lowest BCUT2D eigenvalue weighted by molar-refractivity contribution is -0.138. The first-order valence-corrected chi connectivity index (χ1v) is 11.0. The summed E-state index contributed by atoms with van der Waals surface area (Å²) in [5.74, 6) is -0.863. The van der Waals surface area contributed by atoms with Crippen LogP contribution in [0.25, 0.3) is 0 Å². The first-order valence-electron chi connectivity index (χ1n) is 11.0. The van der Waals surface area contributed by atoms with Crippen molar-refractivity contribution in [2.75, 3.05) is 6.54 Å². The Morgan fingerprint density at radius 3 is 2.07 bits per heavy atom. The average molecular weight is 383 g/mol. The summed E-state index contributed by atoms with van der Waals surface area (Å²) in [4.78, 5) is 22.3. The number of hydrogen-bond donors (Lipinski definition) is 3. The first kappa shape index (κ1) is 25.6. The number of carbonyl (C=O) groups excluding carboxylic acids is 1. The highest BCUT2D eigenvalue weighted by Gasteiger charge is 2.10. The van der Waals surface area contributed by atoms with Crippen molar-refractivity contribution in [2.24, 2.45) is 5.73 Å². The third kappa shape index (κ3) is 19.2. The second-order valence-electron chi connectivity index (χ2n) is 7.42. The van der Waals surface area contributed by atoms with E-state index in [1.54, 1.807) is 0 Å². The van der Waals surface area contributed by atoms with Crippen LogP contribution in [0, 0.1) is 0 Å². The van der Waals surface area contributed by atoms with E-state index in [2.05, 4.69) is 24.4 Å². The average Bonchev–Trinajstić information content (AvgIpc) is 2.64. The summed E-state index contributed by atoms with van der Waals surface area (Å²) < 4.78 is 0. The standard InChI is InChI=1S/C22H42N2O3/c1-2-3-4-5-6-7-8-9-10-11-12-13-14-18-21(25)24-19-16-15-17-20(23)22(26)27/h8-9,20H,2-7,10-19,23H2,1H3,(H,24,25)(H,26,27)/b9-8+/t20-/m0/s1. The molecule has 4 N–H and O–H groups in total. The maximum atomic E-state index is 11.7. The molecule has 0 heterocycles. The topological polar surface area (TPSA) is 92.4 Å². The first-order chi connectivity index (χ1) is 13.1. The Morgan fingerprint density at radius 1 is 0.889 bits per heavy atom. The number of carboxylic acid groups (broad SMARTS) is 1. The number of rotatable bonds is 19. The molecule has 0 radical (unpaired) electrons. The Bertz CT molecular complexity index is 397. The van der Waals surface area contributed by atoms with Gasteiger partial charge in [-0.2, -0.15) is 0 Å². The molecule has 0 saturated carbocycles. The molecule has 0 fully saturated rings. The molecule has 158 valence electrons. The van der Waals surface area contributed by atoms with E-state index in [9.17, 15) is 9.59 Å². The molecule has 0 bridgehead atoms. The lowest BCUT2D eigenvalue weighted by atomic mass is 10.1. The number of aliphatic carboxylic acids is 1. The number of nitrogens with two attached hydrogens (primary N) is 1. The van der Waals surface area contributed by atoms with E-state index >= 15 is 0 Å². The van der Waals surface area contributed by atoms with E-state index in [1.807, 2.05) is 0 Å². The quantitative estimate of drug-likeness (QED) is 0.218. The predicted octanol–water partition coefficient (Wildman–Crippen LogP) is 4.94. The molecule has 0 aromatic heterocycles. The van der Waals surface area contributed by atoms with E-state index in [0.717, 1.165) is 32.1 Å². The number of amides is 1. The van der Waals surface area contributed by atoms with Gasteiger partial charge in [0.05, 0.1) is 0 Å². The van der Waals surface area contributed by atoms with Crippen LogP contribution < -0.4 is 11.1 Å². The fraction of sp³-hybridized carbons (Fsp3) is 0.818. The van der Waals surface area contributed by atoms with Crippen molar-refractivity contribution >= 4 is 11.9 Å². The number of nitrogens with one attached hydrogen (secondary N) is 1. The molecule has 0 aromatic carbocycles. The third-order valence-electron chi connectivity index (χ3n) is 4.75. The second kappa shape index (κ2) is 19.4. The number of carboxylic acids is 1. The van der Waals surface area contributed by atoms with Gasteiger partial charge in [-0.1, -0.05) is 57.6 Å². The maximum absolute atomic E-state index is 11.7.